The van der Waals surface area contributed by atoms with Crippen LogP contribution in [-0.4, -0.2) is 24.7 Å². The number of nitrogen functional groups attached to an aromatic ring is 1. The first kappa shape index (κ1) is 14.9. The fourth-order valence-corrected chi connectivity index (χ4v) is 2.16. The van der Waals surface area contributed by atoms with Gasteiger partial charge in [-0.2, -0.15) is 4.98 Å². The number of nitrogens with two attached hydrogens (primary N) is 1. The Hall–Kier alpha value is -1.45. The molecule has 1 saturated carbocycles. The highest BCUT2D eigenvalue weighted by Crippen LogP contribution is 2.32. The smallest absolute Gasteiger partial charge is 0.239 e. The maximum Gasteiger partial charge on any atom is 0.239 e. The number of rotatable bonds is 8. The summed E-state index contributed by atoms with van der Waals surface area (Å²) in [5.41, 5.74) is 6.58. The molecule has 0 atom stereocenters. The van der Waals surface area contributed by atoms with Gasteiger partial charge in [0.15, 0.2) is 0 Å². The number of aromatic nitrogens is 1. The topological polar surface area (TPSA) is 51.4 Å². The van der Waals surface area contributed by atoms with Crippen molar-refractivity contribution in [2.45, 2.75) is 40.0 Å². The molecule has 2 rings (SSSR count). The number of anilines is 2. The van der Waals surface area contributed by atoms with E-state index in [1.807, 2.05) is 12.1 Å². The Morgan fingerprint density at radius 2 is 2.15 bits per heavy atom. The second-order valence-electron chi connectivity index (χ2n) is 6.16. The molecule has 1 aliphatic rings. The Morgan fingerprint density at radius 3 is 2.75 bits per heavy atom. The van der Waals surface area contributed by atoms with Crippen molar-refractivity contribution in [3.8, 4) is 5.88 Å². The van der Waals surface area contributed by atoms with E-state index in [9.17, 15) is 0 Å². The van der Waals surface area contributed by atoms with Crippen LogP contribution in [0, 0.1) is 11.8 Å². The first-order valence-electron chi connectivity index (χ1n) is 7.74. The van der Waals surface area contributed by atoms with Crippen molar-refractivity contribution in [2.75, 3.05) is 30.3 Å². The van der Waals surface area contributed by atoms with E-state index in [0.29, 0.717) is 24.1 Å². The van der Waals surface area contributed by atoms with E-state index in [1.165, 1.54) is 12.8 Å². The van der Waals surface area contributed by atoms with Crippen LogP contribution in [0.4, 0.5) is 11.5 Å². The lowest BCUT2D eigenvalue weighted by Gasteiger charge is -2.24. The van der Waals surface area contributed by atoms with Gasteiger partial charge in [0, 0.05) is 13.1 Å². The second kappa shape index (κ2) is 6.82. The molecule has 0 unspecified atom stereocenters. The highest BCUT2D eigenvalue weighted by molar-refractivity contribution is 5.54. The molecule has 20 heavy (non-hydrogen) atoms. The minimum atomic E-state index is 0.470. The molecule has 1 heterocycles. The summed E-state index contributed by atoms with van der Waals surface area (Å²) in [6.07, 6.45) is 3.83. The molecule has 1 fully saturated rings. The van der Waals surface area contributed by atoms with Crippen molar-refractivity contribution in [1.29, 1.82) is 0 Å². The second-order valence-corrected chi connectivity index (χ2v) is 6.16. The highest BCUT2D eigenvalue weighted by atomic mass is 16.5. The molecule has 2 N–H and O–H groups in total. The zero-order valence-electron chi connectivity index (χ0n) is 12.9. The number of ether oxygens (including phenoxy) is 1. The molecule has 1 aliphatic carbocycles. The van der Waals surface area contributed by atoms with Gasteiger partial charge in [-0.15, -0.1) is 0 Å². The van der Waals surface area contributed by atoms with Gasteiger partial charge in [0.05, 0.1) is 12.3 Å². The largest absolute Gasteiger partial charge is 0.476 e. The van der Waals surface area contributed by atoms with E-state index in [2.05, 4.69) is 30.7 Å². The Balaban J connectivity index is 2.09. The molecule has 4 heteroatoms. The summed E-state index contributed by atoms with van der Waals surface area (Å²) in [5.74, 6) is 2.89. The van der Waals surface area contributed by atoms with E-state index in [-0.39, 0.29) is 0 Å². The third kappa shape index (κ3) is 4.29. The molecule has 0 bridgehead atoms. The van der Waals surface area contributed by atoms with Crippen molar-refractivity contribution in [3.63, 3.8) is 0 Å². The Kier molecular flexibility index (Phi) is 5.10. The average Bonchev–Trinajstić information content (AvgIpc) is 3.21. The minimum Gasteiger partial charge on any atom is -0.476 e. The van der Waals surface area contributed by atoms with Gasteiger partial charge in [-0.25, -0.2) is 0 Å². The summed E-state index contributed by atoms with van der Waals surface area (Å²) in [6.45, 7) is 9.24. The molecular weight excluding hydrogens is 250 g/mol. The molecule has 0 saturated heterocycles. The fraction of sp³-hybridized carbons (Fsp3) is 0.688. The molecule has 1 aromatic heterocycles. The lowest BCUT2D eigenvalue weighted by Crippen LogP contribution is -2.27. The molecule has 112 valence electrons. The summed E-state index contributed by atoms with van der Waals surface area (Å²) in [6, 6.07) is 3.92. The van der Waals surface area contributed by atoms with Crippen LogP contribution in [-0.2, 0) is 0 Å². The summed E-state index contributed by atoms with van der Waals surface area (Å²) in [4.78, 5) is 6.98. The van der Waals surface area contributed by atoms with Crippen LogP contribution < -0.4 is 15.4 Å². The average molecular weight is 277 g/mol. The quantitative estimate of drug-likeness (QED) is 0.792. The first-order valence-corrected chi connectivity index (χ1v) is 7.74. The maximum atomic E-state index is 5.96. The van der Waals surface area contributed by atoms with Crippen molar-refractivity contribution in [3.05, 3.63) is 12.1 Å². The van der Waals surface area contributed by atoms with Crippen LogP contribution in [0.5, 0.6) is 5.88 Å². The minimum absolute atomic E-state index is 0.470. The third-order valence-electron chi connectivity index (χ3n) is 3.42. The summed E-state index contributed by atoms with van der Waals surface area (Å²) in [5, 5.41) is 0. The first-order chi connectivity index (χ1) is 9.60. The van der Waals surface area contributed by atoms with Crippen LogP contribution in [0.3, 0.4) is 0 Å². The normalized spacial score (nSPS) is 14.6. The standard InChI is InChI=1S/C16H27N3O/c1-4-9-19(10-13-5-6-13)15-8-7-14(17)16(18-15)20-11-12(2)3/h7-8,12-13H,4-6,9-11,17H2,1-3H3. The van der Waals surface area contributed by atoms with Gasteiger partial charge in [0.2, 0.25) is 5.88 Å². The predicted octanol–water partition coefficient (Wildman–Crippen LogP) is 3.33. The summed E-state index contributed by atoms with van der Waals surface area (Å²) < 4.78 is 5.72. The summed E-state index contributed by atoms with van der Waals surface area (Å²) in [7, 11) is 0. The Bertz CT molecular complexity index is 430. The third-order valence-corrected chi connectivity index (χ3v) is 3.42. The highest BCUT2D eigenvalue weighted by Gasteiger charge is 2.25. The predicted molar refractivity (Wildman–Crippen MR) is 84.2 cm³/mol. The van der Waals surface area contributed by atoms with Crippen molar-refractivity contribution >= 4 is 11.5 Å². The van der Waals surface area contributed by atoms with Crippen molar-refractivity contribution in [2.24, 2.45) is 11.8 Å². The lowest BCUT2D eigenvalue weighted by molar-refractivity contribution is 0.263. The molecule has 0 aromatic carbocycles. The van der Waals surface area contributed by atoms with Crippen molar-refractivity contribution < 1.29 is 4.74 Å². The van der Waals surface area contributed by atoms with Gasteiger partial charge in [0.25, 0.3) is 0 Å². The Labute approximate surface area is 122 Å². The van der Waals surface area contributed by atoms with E-state index >= 15 is 0 Å². The van der Waals surface area contributed by atoms with E-state index in [4.69, 9.17) is 10.5 Å². The van der Waals surface area contributed by atoms with Gasteiger partial charge >= 0.3 is 0 Å². The van der Waals surface area contributed by atoms with Gasteiger partial charge in [-0.3, -0.25) is 0 Å². The zero-order chi connectivity index (χ0) is 14.5. The van der Waals surface area contributed by atoms with Crippen LogP contribution in [0.2, 0.25) is 0 Å². The molecular formula is C16H27N3O. The lowest BCUT2D eigenvalue weighted by atomic mass is 10.2. The van der Waals surface area contributed by atoms with Crippen LogP contribution in [0.25, 0.3) is 0 Å². The molecule has 0 spiro atoms. The van der Waals surface area contributed by atoms with E-state index in [1.54, 1.807) is 0 Å². The van der Waals surface area contributed by atoms with E-state index < -0.39 is 0 Å². The monoisotopic (exact) mass is 277 g/mol. The van der Waals surface area contributed by atoms with Crippen LogP contribution in [0.15, 0.2) is 12.1 Å². The number of nitrogens with zero attached hydrogens (tertiary/aromatic N) is 2. The van der Waals surface area contributed by atoms with Crippen LogP contribution in [0.1, 0.15) is 40.0 Å². The van der Waals surface area contributed by atoms with Gasteiger partial charge < -0.3 is 15.4 Å². The van der Waals surface area contributed by atoms with E-state index in [0.717, 1.165) is 31.2 Å². The fourth-order valence-electron chi connectivity index (χ4n) is 2.16. The van der Waals surface area contributed by atoms with Gasteiger partial charge in [0.1, 0.15) is 5.82 Å². The van der Waals surface area contributed by atoms with Crippen molar-refractivity contribution in [1.82, 2.24) is 4.98 Å². The zero-order valence-corrected chi connectivity index (χ0v) is 12.9. The summed E-state index contributed by atoms with van der Waals surface area (Å²) >= 11 is 0. The number of pyridine rings is 1. The van der Waals surface area contributed by atoms with Gasteiger partial charge in [-0.05, 0) is 43.2 Å². The molecule has 0 amide bonds. The SMILES string of the molecule is CCCN(CC1CC1)c1ccc(N)c(OCC(C)C)n1. The molecule has 1 aromatic rings. The Morgan fingerprint density at radius 1 is 1.40 bits per heavy atom. The van der Waals surface area contributed by atoms with Crippen LogP contribution >= 0.6 is 0 Å². The number of hydrogen-bond acceptors (Lipinski definition) is 4. The molecule has 0 radical (unpaired) electrons. The number of hydrogen-bond donors (Lipinski definition) is 1. The molecule has 4 nitrogen and oxygen atoms in total. The van der Waals surface area contributed by atoms with Gasteiger partial charge in [-0.1, -0.05) is 20.8 Å². The molecule has 0 aliphatic heterocycles. The maximum absolute atomic E-state index is 5.96.